The molecule has 8 heteroatoms. The van der Waals surface area contributed by atoms with Gasteiger partial charge in [-0.15, -0.1) is 0 Å². The highest BCUT2D eigenvalue weighted by molar-refractivity contribution is 7.91. The fraction of sp³-hybridized carbons (Fsp3) is 0.385. The van der Waals surface area contributed by atoms with Crippen LogP contribution in [0, 0.1) is 6.92 Å². The summed E-state index contributed by atoms with van der Waals surface area (Å²) in [5.74, 6) is -1.47. The molecule has 1 aromatic carbocycles. The van der Waals surface area contributed by atoms with Crippen molar-refractivity contribution in [1.82, 2.24) is 0 Å². The summed E-state index contributed by atoms with van der Waals surface area (Å²) in [5.41, 5.74) is 10.9. The molecule has 1 aliphatic rings. The molecule has 0 aliphatic carbocycles. The summed E-state index contributed by atoms with van der Waals surface area (Å²) in [4.78, 5) is 15.5. The third-order valence-corrected chi connectivity index (χ3v) is 4.78. The Kier molecular flexibility index (Phi) is 3.54. The maximum atomic E-state index is 12.1. The van der Waals surface area contributed by atoms with Crippen LogP contribution >= 0.6 is 0 Å². The summed E-state index contributed by atoms with van der Waals surface area (Å²) in [6, 6.07) is 2.94. The van der Waals surface area contributed by atoms with Crippen LogP contribution in [0.4, 0.5) is 0 Å². The van der Waals surface area contributed by atoms with E-state index >= 15 is 0 Å². The topological polar surface area (TPSA) is 125 Å². The van der Waals surface area contributed by atoms with Crippen LogP contribution in [-0.2, 0) is 20.2 Å². The smallest absolute Gasteiger partial charge is 0.280 e. The lowest BCUT2D eigenvalue weighted by Crippen LogP contribution is -2.33. The second-order valence-corrected chi connectivity index (χ2v) is 7.30. The van der Waals surface area contributed by atoms with Crippen molar-refractivity contribution in [3.05, 3.63) is 28.8 Å². The molecule has 1 amide bonds. The lowest BCUT2D eigenvalue weighted by molar-refractivity contribution is -0.00249. The Morgan fingerprint density at radius 3 is 2.52 bits per heavy atom. The Bertz CT molecular complexity index is 747. The molecule has 0 atom stereocenters. The number of guanidine groups is 1. The SMILES string of the molecule is Cc1cc2c(cc1C(=O)N=C(N)N)S(=O)(=O)COC2(C)C. The molecular weight excluding hydrogens is 294 g/mol. The van der Waals surface area contributed by atoms with E-state index in [0.717, 1.165) is 0 Å². The fourth-order valence-electron chi connectivity index (χ4n) is 2.19. The Morgan fingerprint density at radius 1 is 1.33 bits per heavy atom. The van der Waals surface area contributed by atoms with Gasteiger partial charge in [0.15, 0.2) is 11.9 Å². The Morgan fingerprint density at radius 2 is 1.95 bits per heavy atom. The number of benzene rings is 1. The van der Waals surface area contributed by atoms with Crippen molar-refractivity contribution in [3.8, 4) is 0 Å². The van der Waals surface area contributed by atoms with E-state index in [1.54, 1.807) is 26.8 Å². The van der Waals surface area contributed by atoms with Gasteiger partial charge >= 0.3 is 0 Å². The van der Waals surface area contributed by atoms with Crippen molar-refractivity contribution >= 4 is 21.7 Å². The van der Waals surface area contributed by atoms with Crippen LogP contribution < -0.4 is 11.5 Å². The molecule has 0 radical (unpaired) electrons. The number of sulfone groups is 1. The number of nitrogens with zero attached hydrogens (tertiary/aromatic N) is 1. The summed E-state index contributed by atoms with van der Waals surface area (Å²) >= 11 is 0. The number of carbonyl (C=O) groups is 1. The van der Waals surface area contributed by atoms with E-state index in [9.17, 15) is 13.2 Å². The summed E-state index contributed by atoms with van der Waals surface area (Å²) in [5, 5.41) is 0. The maximum Gasteiger partial charge on any atom is 0.280 e. The molecule has 1 aliphatic heterocycles. The highest BCUT2D eigenvalue weighted by Crippen LogP contribution is 2.37. The van der Waals surface area contributed by atoms with Gasteiger partial charge < -0.3 is 16.2 Å². The van der Waals surface area contributed by atoms with Crippen LogP contribution in [0.5, 0.6) is 0 Å². The minimum atomic E-state index is -3.60. The molecule has 21 heavy (non-hydrogen) atoms. The van der Waals surface area contributed by atoms with Gasteiger partial charge in [-0.25, -0.2) is 8.42 Å². The zero-order chi connectivity index (χ0) is 16.0. The number of nitrogens with two attached hydrogens (primary N) is 2. The van der Waals surface area contributed by atoms with Crippen LogP contribution in [0.1, 0.15) is 35.3 Å². The van der Waals surface area contributed by atoms with Gasteiger partial charge in [-0.05, 0) is 32.4 Å². The van der Waals surface area contributed by atoms with Crippen LogP contribution in [0.15, 0.2) is 22.0 Å². The van der Waals surface area contributed by atoms with Crippen molar-refractivity contribution in [2.75, 3.05) is 5.94 Å². The first kappa shape index (κ1) is 15.5. The van der Waals surface area contributed by atoms with E-state index in [0.29, 0.717) is 11.1 Å². The van der Waals surface area contributed by atoms with Crippen molar-refractivity contribution in [3.63, 3.8) is 0 Å². The molecule has 7 nitrogen and oxygen atoms in total. The van der Waals surface area contributed by atoms with Gasteiger partial charge in [-0.2, -0.15) is 4.99 Å². The molecular formula is C13H17N3O4S. The minimum Gasteiger partial charge on any atom is -0.370 e. The predicted octanol–water partition coefficient (Wildman–Crippen LogP) is 0.405. The number of rotatable bonds is 1. The molecule has 0 unspecified atom stereocenters. The van der Waals surface area contributed by atoms with Crippen molar-refractivity contribution in [2.24, 2.45) is 16.5 Å². The van der Waals surface area contributed by atoms with E-state index in [1.165, 1.54) is 6.07 Å². The average Bonchev–Trinajstić information content (AvgIpc) is 2.33. The number of amides is 1. The van der Waals surface area contributed by atoms with E-state index < -0.39 is 27.3 Å². The molecule has 0 saturated heterocycles. The first-order chi connectivity index (χ1) is 9.54. The Labute approximate surface area is 122 Å². The van der Waals surface area contributed by atoms with Crippen molar-refractivity contribution < 1.29 is 17.9 Å². The van der Waals surface area contributed by atoms with Gasteiger partial charge in [-0.1, -0.05) is 6.07 Å². The molecule has 0 aromatic heterocycles. The van der Waals surface area contributed by atoms with E-state index in [1.807, 2.05) is 0 Å². The molecule has 1 heterocycles. The largest absolute Gasteiger partial charge is 0.370 e. The normalized spacial score (nSPS) is 18.6. The first-order valence-electron chi connectivity index (χ1n) is 6.20. The van der Waals surface area contributed by atoms with E-state index in [4.69, 9.17) is 16.2 Å². The third-order valence-electron chi connectivity index (χ3n) is 3.35. The summed E-state index contributed by atoms with van der Waals surface area (Å²) in [6.07, 6.45) is 0. The lowest BCUT2D eigenvalue weighted by atomic mass is 9.93. The number of hydrogen-bond donors (Lipinski definition) is 2. The molecule has 0 bridgehead atoms. The summed E-state index contributed by atoms with van der Waals surface area (Å²) in [6.45, 7) is 5.24. The standard InChI is InChI=1S/C13H17N3O4S/c1-7-4-9-10(5-8(7)11(17)16-12(14)15)21(18,19)6-20-13(9,2)3/h4-5H,6H2,1-3H3,(H4,14,15,16,17). The number of carbonyl (C=O) groups excluding carboxylic acids is 1. The fourth-order valence-corrected chi connectivity index (χ4v) is 3.70. The average molecular weight is 311 g/mol. The molecule has 0 spiro atoms. The summed E-state index contributed by atoms with van der Waals surface area (Å²) < 4.78 is 29.7. The highest BCUT2D eigenvalue weighted by atomic mass is 32.2. The van der Waals surface area contributed by atoms with Crippen molar-refractivity contribution in [1.29, 1.82) is 0 Å². The Hall–Kier alpha value is -1.93. The molecule has 0 saturated carbocycles. The predicted molar refractivity (Wildman–Crippen MR) is 77.5 cm³/mol. The first-order valence-corrected chi connectivity index (χ1v) is 7.85. The lowest BCUT2D eigenvalue weighted by Gasteiger charge is -2.33. The highest BCUT2D eigenvalue weighted by Gasteiger charge is 2.37. The number of ether oxygens (including phenoxy) is 1. The van der Waals surface area contributed by atoms with Crippen LogP contribution in [0.3, 0.4) is 0 Å². The van der Waals surface area contributed by atoms with Gasteiger partial charge in [0, 0.05) is 11.1 Å². The van der Waals surface area contributed by atoms with Crippen LogP contribution in [0.25, 0.3) is 0 Å². The van der Waals surface area contributed by atoms with Gasteiger partial charge in [0.2, 0.25) is 9.84 Å². The molecule has 1 aromatic rings. The quantitative estimate of drug-likeness (QED) is 0.571. The number of fused-ring (bicyclic) bond motifs is 1. The van der Waals surface area contributed by atoms with Crippen LogP contribution in [-0.4, -0.2) is 26.2 Å². The van der Waals surface area contributed by atoms with Crippen molar-refractivity contribution in [2.45, 2.75) is 31.3 Å². The van der Waals surface area contributed by atoms with Gasteiger partial charge in [-0.3, -0.25) is 4.79 Å². The third kappa shape index (κ3) is 2.77. The number of aryl methyl sites for hydroxylation is 1. The summed E-state index contributed by atoms with van der Waals surface area (Å²) in [7, 11) is -3.60. The molecule has 4 N–H and O–H groups in total. The zero-order valence-electron chi connectivity index (χ0n) is 12.0. The Balaban J connectivity index is 2.71. The monoisotopic (exact) mass is 311 g/mol. The minimum absolute atomic E-state index is 0.0819. The number of hydrogen-bond acceptors (Lipinski definition) is 4. The second-order valence-electron chi connectivity index (χ2n) is 5.39. The molecule has 114 valence electrons. The molecule has 0 fully saturated rings. The molecule has 2 rings (SSSR count). The maximum absolute atomic E-state index is 12.1. The second kappa shape index (κ2) is 4.81. The van der Waals surface area contributed by atoms with E-state index in [2.05, 4.69) is 4.99 Å². The van der Waals surface area contributed by atoms with Gasteiger partial charge in [0.1, 0.15) is 0 Å². The van der Waals surface area contributed by atoms with Crippen LogP contribution in [0.2, 0.25) is 0 Å². The van der Waals surface area contributed by atoms with Gasteiger partial charge in [0.05, 0.1) is 10.5 Å². The zero-order valence-corrected chi connectivity index (χ0v) is 12.8. The number of aliphatic imine (C=N–C) groups is 1. The van der Waals surface area contributed by atoms with Gasteiger partial charge in [0.25, 0.3) is 5.91 Å². The van der Waals surface area contributed by atoms with E-state index in [-0.39, 0.29) is 16.4 Å².